The Bertz CT molecular complexity index is 1960. The molecule has 1 heterocycles. The van der Waals surface area contributed by atoms with Crippen LogP contribution in [0.5, 0.6) is 0 Å². The number of rotatable bonds is 1. The number of aromatic nitrogens is 1. The van der Waals surface area contributed by atoms with Crippen LogP contribution in [0.25, 0.3) is 49.4 Å². The van der Waals surface area contributed by atoms with Gasteiger partial charge in [-0.05, 0) is 86.9 Å². The fraction of sp³-hybridized carbons (Fsp3) is 0.300. The zero-order valence-corrected chi connectivity index (χ0v) is 26.0. The van der Waals surface area contributed by atoms with Crippen LogP contribution in [0, 0.1) is 6.92 Å². The molecule has 0 radical (unpaired) electrons. The topological polar surface area (TPSA) is 4.93 Å². The average Bonchev–Trinajstić information content (AvgIpc) is 3.35. The second kappa shape index (κ2) is 8.35. The Morgan fingerprint density at radius 2 is 1.12 bits per heavy atom. The van der Waals surface area contributed by atoms with Crippen LogP contribution < -0.4 is 0 Å². The van der Waals surface area contributed by atoms with Gasteiger partial charge in [-0.2, -0.15) is 0 Å². The van der Waals surface area contributed by atoms with Gasteiger partial charge in [-0.15, -0.1) is 0 Å². The molecular weight excluding hydrogens is 494 g/mol. The zero-order chi connectivity index (χ0) is 29.1. The minimum atomic E-state index is -0.0764. The summed E-state index contributed by atoms with van der Waals surface area (Å²) in [5, 5.41) is 5.31. The summed E-state index contributed by atoms with van der Waals surface area (Å²) in [6.07, 6.45) is 0. The number of hydrogen-bond acceptors (Lipinski definition) is 0. The Morgan fingerprint density at radius 3 is 1.68 bits per heavy atom. The molecule has 0 amide bonds. The van der Waals surface area contributed by atoms with E-state index in [1.807, 2.05) is 0 Å². The molecule has 1 nitrogen and oxygen atoms in total. The van der Waals surface area contributed by atoms with Crippen LogP contribution in [-0.2, 0) is 16.2 Å². The van der Waals surface area contributed by atoms with Gasteiger partial charge >= 0.3 is 0 Å². The first-order valence-electron chi connectivity index (χ1n) is 15.0. The van der Waals surface area contributed by atoms with Crippen molar-refractivity contribution in [2.75, 3.05) is 0 Å². The third kappa shape index (κ3) is 3.74. The Balaban J connectivity index is 1.63. The molecule has 0 aliphatic heterocycles. The second-order valence-electron chi connectivity index (χ2n) is 14.8. The molecule has 0 fully saturated rings. The van der Waals surface area contributed by atoms with E-state index in [1.54, 1.807) is 0 Å². The summed E-state index contributed by atoms with van der Waals surface area (Å²) in [6.45, 7) is 20.9. The summed E-state index contributed by atoms with van der Waals surface area (Å²) in [5.74, 6) is 0. The fourth-order valence-electron chi connectivity index (χ4n) is 7.08. The molecule has 5 aromatic carbocycles. The van der Waals surface area contributed by atoms with E-state index in [0.29, 0.717) is 0 Å². The molecule has 0 saturated carbocycles. The Labute approximate surface area is 244 Å². The lowest BCUT2D eigenvalue weighted by molar-refractivity contribution is 0.590. The third-order valence-electron chi connectivity index (χ3n) is 9.55. The van der Waals surface area contributed by atoms with Crippen LogP contribution in [0.15, 0.2) is 84.9 Å². The molecule has 1 aromatic heterocycles. The lowest BCUT2D eigenvalue weighted by atomic mass is 9.81. The van der Waals surface area contributed by atoms with Gasteiger partial charge in [0, 0.05) is 21.6 Å². The van der Waals surface area contributed by atoms with Gasteiger partial charge in [-0.3, -0.25) is 0 Å². The molecule has 0 N–H and O–H groups in total. The van der Waals surface area contributed by atoms with Crippen LogP contribution in [0.4, 0.5) is 0 Å². The Kier molecular flexibility index (Phi) is 5.31. The van der Waals surface area contributed by atoms with Gasteiger partial charge in [-0.1, -0.05) is 116 Å². The lowest BCUT2D eigenvalue weighted by Gasteiger charge is -2.24. The van der Waals surface area contributed by atoms with Crippen molar-refractivity contribution in [3.05, 3.63) is 113 Å². The normalized spacial score (nSPS) is 14.7. The van der Waals surface area contributed by atoms with Gasteiger partial charge in [0.15, 0.2) is 0 Å². The van der Waals surface area contributed by atoms with Crippen molar-refractivity contribution in [3.63, 3.8) is 0 Å². The van der Waals surface area contributed by atoms with Crippen molar-refractivity contribution in [1.82, 2.24) is 4.57 Å². The molecule has 1 heteroatoms. The first-order valence-corrected chi connectivity index (χ1v) is 15.0. The number of aryl methyl sites for hydroxylation is 1. The first-order chi connectivity index (χ1) is 19.3. The van der Waals surface area contributed by atoms with Crippen molar-refractivity contribution >= 4 is 32.6 Å². The number of benzene rings is 5. The van der Waals surface area contributed by atoms with E-state index >= 15 is 0 Å². The molecule has 206 valence electrons. The monoisotopic (exact) mass is 535 g/mol. The van der Waals surface area contributed by atoms with Crippen molar-refractivity contribution in [2.24, 2.45) is 0 Å². The molecule has 1 aliphatic carbocycles. The predicted molar refractivity (Wildman–Crippen MR) is 178 cm³/mol. The molecule has 6 aromatic rings. The quantitative estimate of drug-likeness (QED) is 0.197. The molecule has 0 spiro atoms. The summed E-state index contributed by atoms with van der Waals surface area (Å²) in [6, 6.07) is 32.8. The predicted octanol–water partition coefficient (Wildman–Crippen LogP) is 11.1. The Hall–Kier alpha value is -3.84. The van der Waals surface area contributed by atoms with E-state index in [9.17, 15) is 0 Å². The largest absolute Gasteiger partial charge is 0.309 e. The smallest absolute Gasteiger partial charge is 0.0544 e. The molecule has 0 atom stereocenters. The summed E-state index contributed by atoms with van der Waals surface area (Å²) < 4.78 is 2.54. The molecule has 1 aliphatic rings. The number of nitrogens with zero attached hydrogens (tertiary/aromatic N) is 1. The van der Waals surface area contributed by atoms with Crippen molar-refractivity contribution < 1.29 is 0 Å². The van der Waals surface area contributed by atoms with Crippen molar-refractivity contribution in [1.29, 1.82) is 0 Å². The van der Waals surface area contributed by atoms with Crippen LogP contribution in [0.2, 0.25) is 0 Å². The molecule has 0 bridgehead atoms. The van der Waals surface area contributed by atoms with Gasteiger partial charge in [-0.25, -0.2) is 0 Å². The van der Waals surface area contributed by atoms with Crippen LogP contribution in [0.1, 0.15) is 83.2 Å². The highest BCUT2D eigenvalue weighted by molar-refractivity contribution is 6.13. The maximum absolute atomic E-state index is 2.54. The van der Waals surface area contributed by atoms with Gasteiger partial charge in [0.2, 0.25) is 0 Å². The second-order valence-corrected chi connectivity index (χ2v) is 14.8. The minimum Gasteiger partial charge on any atom is -0.309 e. The summed E-state index contributed by atoms with van der Waals surface area (Å²) in [5.41, 5.74) is 13.6. The van der Waals surface area contributed by atoms with Crippen LogP contribution >= 0.6 is 0 Å². The SMILES string of the molecule is Cc1ccc2c(c1)C(C)(C)c1cc(-n3c4ccc(C(C)(C)C)cc4c4cc(C(C)(C)C)ccc43)c3ccccc3c1-2. The Morgan fingerprint density at radius 1 is 0.561 bits per heavy atom. The van der Waals surface area contributed by atoms with Crippen LogP contribution in [0.3, 0.4) is 0 Å². The fourth-order valence-corrected chi connectivity index (χ4v) is 7.08. The van der Waals surface area contributed by atoms with E-state index in [4.69, 9.17) is 0 Å². The van der Waals surface area contributed by atoms with E-state index in [2.05, 4.69) is 152 Å². The first kappa shape index (κ1) is 26.1. The van der Waals surface area contributed by atoms with Crippen molar-refractivity contribution in [2.45, 2.75) is 78.6 Å². The minimum absolute atomic E-state index is 0.0764. The number of fused-ring (bicyclic) bond motifs is 8. The zero-order valence-electron chi connectivity index (χ0n) is 26.0. The van der Waals surface area contributed by atoms with Crippen molar-refractivity contribution in [3.8, 4) is 16.8 Å². The van der Waals surface area contributed by atoms with Gasteiger partial charge in [0.1, 0.15) is 0 Å². The standard InChI is InChI=1S/C40H41N/c1-24-14-17-29-32(20-24)40(8,9)33-23-36(27-12-10-11-13-28(27)37(29)33)41-34-18-15-25(38(2,3)4)21-30(34)31-22-26(39(5,6)7)16-19-35(31)41/h10-23H,1-9H3. The third-order valence-corrected chi connectivity index (χ3v) is 9.55. The lowest BCUT2D eigenvalue weighted by Crippen LogP contribution is -2.15. The van der Waals surface area contributed by atoms with E-state index in [1.165, 1.54) is 77.2 Å². The van der Waals surface area contributed by atoms with E-state index < -0.39 is 0 Å². The van der Waals surface area contributed by atoms with Crippen LogP contribution in [-0.4, -0.2) is 4.57 Å². The molecule has 7 rings (SSSR count). The van der Waals surface area contributed by atoms with E-state index in [0.717, 1.165) is 0 Å². The maximum Gasteiger partial charge on any atom is 0.0544 e. The average molecular weight is 536 g/mol. The molecular formula is C40H41N. The van der Waals surface area contributed by atoms with Gasteiger partial charge in [0.05, 0.1) is 16.7 Å². The highest BCUT2D eigenvalue weighted by Crippen LogP contribution is 2.53. The summed E-state index contributed by atoms with van der Waals surface area (Å²) in [4.78, 5) is 0. The highest BCUT2D eigenvalue weighted by Gasteiger charge is 2.37. The van der Waals surface area contributed by atoms with E-state index in [-0.39, 0.29) is 16.2 Å². The highest BCUT2D eigenvalue weighted by atomic mass is 15.0. The summed E-state index contributed by atoms with van der Waals surface area (Å²) in [7, 11) is 0. The van der Waals surface area contributed by atoms with Gasteiger partial charge in [0.25, 0.3) is 0 Å². The molecule has 0 unspecified atom stereocenters. The molecule has 0 saturated heterocycles. The number of hydrogen-bond donors (Lipinski definition) is 0. The van der Waals surface area contributed by atoms with Gasteiger partial charge < -0.3 is 4.57 Å². The summed E-state index contributed by atoms with van der Waals surface area (Å²) >= 11 is 0. The molecule has 41 heavy (non-hydrogen) atoms. The maximum atomic E-state index is 2.54.